The lowest BCUT2D eigenvalue weighted by molar-refractivity contribution is -0.137. The Labute approximate surface area is 156 Å². The molecule has 0 radical (unpaired) electrons. The Bertz CT molecular complexity index is 1220. The van der Waals surface area contributed by atoms with Crippen molar-refractivity contribution >= 4 is 22.8 Å². The largest absolute Gasteiger partial charge is 0.455 e. The predicted molar refractivity (Wildman–Crippen MR) is 95.3 cm³/mol. The smallest absolute Gasteiger partial charge is 0.416 e. The summed E-state index contributed by atoms with van der Waals surface area (Å²) in [6.07, 6.45) is 0.0359. The summed E-state index contributed by atoms with van der Waals surface area (Å²) in [5, 5.41) is 2.56. The highest BCUT2D eigenvalue weighted by molar-refractivity contribution is 6.19. The second-order valence-electron chi connectivity index (χ2n) is 6.72. The normalized spacial score (nSPS) is 15.6. The lowest BCUT2D eigenvalue weighted by atomic mass is 10.0. The van der Waals surface area contributed by atoms with Crippen LogP contribution < -0.4 is 5.32 Å². The average molecular weight is 383 g/mol. The highest BCUT2D eigenvalue weighted by Gasteiger charge is 2.44. The van der Waals surface area contributed by atoms with E-state index in [1.807, 2.05) is 6.92 Å². The number of halogens is 3. The fraction of sp³-hybridized carbons (Fsp3) is 0.150. The first-order chi connectivity index (χ1) is 13.4. The molecule has 0 saturated heterocycles. The summed E-state index contributed by atoms with van der Waals surface area (Å²) >= 11 is 0. The van der Waals surface area contributed by atoms with Gasteiger partial charge in [0.1, 0.15) is 17.5 Å². The molecule has 1 N–H and O–H groups in total. The second kappa shape index (κ2) is 5.54. The molecule has 0 spiro atoms. The monoisotopic (exact) mass is 383 g/mol. The molecule has 140 valence electrons. The number of fused-ring (bicyclic) bond motifs is 5. The maximum absolute atomic E-state index is 13.0. The van der Waals surface area contributed by atoms with E-state index in [1.165, 1.54) is 18.5 Å². The highest BCUT2D eigenvalue weighted by Crippen LogP contribution is 2.57. The van der Waals surface area contributed by atoms with Crippen molar-refractivity contribution in [1.29, 1.82) is 0 Å². The third-order valence-corrected chi connectivity index (χ3v) is 4.99. The summed E-state index contributed by atoms with van der Waals surface area (Å²) in [6.45, 7) is 2.01. The van der Waals surface area contributed by atoms with E-state index in [9.17, 15) is 18.0 Å². The van der Waals surface area contributed by atoms with Crippen LogP contribution in [0.2, 0.25) is 0 Å². The number of amides is 1. The average Bonchev–Trinajstić information content (AvgIpc) is 3.03. The van der Waals surface area contributed by atoms with Crippen molar-refractivity contribution in [3.05, 3.63) is 65.2 Å². The molecule has 0 aliphatic heterocycles. The minimum Gasteiger partial charge on any atom is -0.455 e. The number of furan rings is 2. The SMILES string of the molecule is C[C@H]1c2c1c1oc2c(C(=O)Nc2cccc(C(F)(F)F)c2)c1-c1cncnc1. The lowest BCUT2D eigenvalue weighted by Crippen LogP contribution is -2.14. The van der Waals surface area contributed by atoms with Gasteiger partial charge in [-0.05, 0) is 18.2 Å². The Hall–Kier alpha value is -3.42. The molecule has 5 rings (SSSR count). The van der Waals surface area contributed by atoms with Gasteiger partial charge in [-0.1, -0.05) is 13.0 Å². The summed E-state index contributed by atoms with van der Waals surface area (Å²) in [4.78, 5) is 21.0. The second-order valence-corrected chi connectivity index (χ2v) is 6.72. The van der Waals surface area contributed by atoms with E-state index in [-0.39, 0.29) is 11.6 Å². The Morgan fingerprint density at radius 1 is 1.14 bits per heavy atom. The number of alkyl halides is 3. The van der Waals surface area contributed by atoms with Crippen LogP contribution in [0, 0.1) is 0 Å². The van der Waals surface area contributed by atoms with E-state index in [0.29, 0.717) is 27.9 Å². The van der Waals surface area contributed by atoms with Crippen LogP contribution in [0.5, 0.6) is 0 Å². The van der Waals surface area contributed by atoms with Crippen LogP contribution in [0.1, 0.15) is 39.9 Å². The Balaban J connectivity index is 1.57. The van der Waals surface area contributed by atoms with Gasteiger partial charge in [-0.3, -0.25) is 4.79 Å². The zero-order chi connectivity index (χ0) is 19.6. The number of anilines is 1. The molecular formula is C20H12F3N3O2. The summed E-state index contributed by atoms with van der Waals surface area (Å²) in [5.41, 5.74) is 3.84. The maximum atomic E-state index is 13.0. The fourth-order valence-electron chi connectivity index (χ4n) is 3.67. The van der Waals surface area contributed by atoms with E-state index in [1.54, 1.807) is 12.4 Å². The van der Waals surface area contributed by atoms with Gasteiger partial charge in [0.15, 0.2) is 0 Å². The molecule has 0 fully saturated rings. The van der Waals surface area contributed by atoms with Crippen molar-refractivity contribution < 1.29 is 22.4 Å². The van der Waals surface area contributed by atoms with Crippen LogP contribution >= 0.6 is 0 Å². The first kappa shape index (κ1) is 16.7. The number of benzene rings is 2. The summed E-state index contributed by atoms with van der Waals surface area (Å²) < 4.78 is 44.6. The summed E-state index contributed by atoms with van der Waals surface area (Å²) in [6, 6.07) is 4.52. The molecule has 1 aliphatic carbocycles. The van der Waals surface area contributed by atoms with Crippen LogP contribution in [0.25, 0.3) is 22.3 Å². The number of nitrogens with zero attached hydrogens (tertiary/aromatic N) is 2. The van der Waals surface area contributed by atoms with Crippen molar-refractivity contribution in [2.75, 3.05) is 5.32 Å². The predicted octanol–water partition coefficient (Wildman–Crippen LogP) is 5.06. The van der Waals surface area contributed by atoms with Gasteiger partial charge in [0.05, 0.1) is 11.1 Å². The molecular weight excluding hydrogens is 371 g/mol. The molecule has 0 saturated carbocycles. The standard InChI is InChI=1S/C20H12F3N3O2/c1-9-13-14(9)18-16(15(17(13)28-18)10-6-24-8-25-7-10)19(27)26-12-4-2-3-11(5-12)20(21,22)23/h2-9H,1H3,(H,26,27)/t9-/m1/s1. The molecule has 1 atom stereocenters. The molecule has 28 heavy (non-hydrogen) atoms. The lowest BCUT2D eigenvalue weighted by Gasteiger charge is -2.10. The van der Waals surface area contributed by atoms with Gasteiger partial charge in [-0.15, -0.1) is 0 Å². The number of hydrogen-bond acceptors (Lipinski definition) is 4. The molecule has 0 unspecified atom stereocenters. The Morgan fingerprint density at radius 2 is 1.86 bits per heavy atom. The van der Waals surface area contributed by atoms with E-state index in [4.69, 9.17) is 4.42 Å². The first-order valence-corrected chi connectivity index (χ1v) is 8.52. The quantitative estimate of drug-likeness (QED) is 0.537. The maximum Gasteiger partial charge on any atom is 0.416 e. The van der Waals surface area contributed by atoms with Crippen LogP contribution in [0.4, 0.5) is 18.9 Å². The zero-order valence-corrected chi connectivity index (χ0v) is 14.5. The highest BCUT2D eigenvalue weighted by atomic mass is 19.4. The number of aromatic nitrogens is 2. The number of hydrogen-bond donors (Lipinski definition) is 1. The van der Waals surface area contributed by atoms with Gasteiger partial charge < -0.3 is 9.73 Å². The van der Waals surface area contributed by atoms with Crippen LogP contribution in [0.3, 0.4) is 0 Å². The van der Waals surface area contributed by atoms with E-state index < -0.39 is 17.6 Å². The fourth-order valence-corrected chi connectivity index (χ4v) is 3.67. The number of rotatable bonds is 3. The van der Waals surface area contributed by atoms with Gasteiger partial charge in [0.2, 0.25) is 0 Å². The van der Waals surface area contributed by atoms with Gasteiger partial charge in [0, 0.05) is 46.3 Å². The topological polar surface area (TPSA) is 68.0 Å². The molecule has 1 amide bonds. The van der Waals surface area contributed by atoms with Gasteiger partial charge in [-0.2, -0.15) is 13.2 Å². The molecule has 1 aromatic carbocycles. The van der Waals surface area contributed by atoms with Crippen LogP contribution in [0.15, 0.2) is 47.4 Å². The zero-order valence-electron chi connectivity index (χ0n) is 14.5. The van der Waals surface area contributed by atoms with Crippen molar-refractivity contribution in [2.24, 2.45) is 0 Å². The van der Waals surface area contributed by atoms with Gasteiger partial charge in [-0.25, -0.2) is 9.97 Å². The van der Waals surface area contributed by atoms with Crippen LogP contribution in [-0.2, 0) is 6.18 Å². The third-order valence-electron chi connectivity index (χ3n) is 4.99. The summed E-state index contributed by atoms with van der Waals surface area (Å²) in [7, 11) is 0. The van der Waals surface area contributed by atoms with Crippen molar-refractivity contribution in [1.82, 2.24) is 9.97 Å². The molecule has 3 heterocycles. The number of nitrogens with one attached hydrogen (secondary N) is 1. The van der Waals surface area contributed by atoms with E-state index in [0.717, 1.165) is 23.3 Å². The number of carbonyl (C=O) groups excluding carboxylic acids is 1. The van der Waals surface area contributed by atoms with Crippen molar-refractivity contribution in [2.45, 2.75) is 19.0 Å². The molecule has 2 bridgehead atoms. The van der Waals surface area contributed by atoms with Gasteiger partial charge >= 0.3 is 6.18 Å². The minimum absolute atomic E-state index is 0.0578. The Morgan fingerprint density at radius 3 is 2.57 bits per heavy atom. The molecule has 8 heteroatoms. The molecule has 3 aromatic heterocycles. The molecule has 5 nitrogen and oxygen atoms in total. The van der Waals surface area contributed by atoms with Crippen molar-refractivity contribution in [3.8, 4) is 11.1 Å². The molecule has 1 aliphatic rings. The third kappa shape index (κ3) is 2.37. The van der Waals surface area contributed by atoms with Crippen molar-refractivity contribution in [3.63, 3.8) is 0 Å². The van der Waals surface area contributed by atoms with Crippen LogP contribution in [-0.4, -0.2) is 15.9 Å². The minimum atomic E-state index is -4.49. The molecule has 4 aromatic rings. The van der Waals surface area contributed by atoms with E-state index in [2.05, 4.69) is 15.3 Å². The first-order valence-electron chi connectivity index (χ1n) is 8.52. The summed E-state index contributed by atoms with van der Waals surface area (Å²) in [5.74, 6) is -0.328. The van der Waals surface area contributed by atoms with Gasteiger partial charge in [0.25, 0.3) is 5.91 Å². The van der Waals surface area contributed by atoms with E-state index >= 15 is 0 Å². The number of carbonyl (C=O) groups is 1. The Kier molecular flexibility index (Phi) is 3.31.